The van der Waals surface area contributed by atoms with Crippen molar-refractivity contribution in [2.45, 2.75) is 136 Å². The van der Waals surface area contributed by atoms with Crippen LogP contribution in [0.25, 0.3) is 0 Å². The fraction of sp³-hybridized carbons (Fsp3) is 0.667. The van der Waals surface area contributed by atoms with E-state index in [9.17, 15) is 0 Å². The average Bonchev–Trinajstić information content (AvgIpc) is 2.85. The molecule has 1 rings (SSSR count). The van der Waals surface area contributed by atoms with Crippen LogP contribution in [-0.2, 0) is 11.2 Å². The van der Waals surface area contributed by atoms with Gasteiger partial charge >= 0.3 is 0 Å². The first-order valence-electron chi connectivity index (χ1n) is 16.2. The molecule has 2 atom stereocenters. The van der Waals surface area contributed by atoms with E-state index in [2.05, 4.69) is 120 Å². The Balaban J connectivity index is 0. The minimum Gasteiger partial charge on any atom is -0.497 e. The van der Waals surface area contributed by atoms with Crippen molar-refractivity contribution >= 4 is 6.21 Å². The van der Waals surface area contributed by atoms with Gasteiger partial charge in [0.05, 0.1) is 12.4 Å². The molecule has 0 spiro atoms. The summed E-state index contributed by atoms with van der Waals surface area (Å²) < 4.78 is 5.92. The second kappa shape index (κ2) is 21.6. The lowest BCUT2D eigenvalue weighted by atomic mass is 9.84. The third kappa shape index (κ3) is 22.2. The molecule has 0 heterocycles. The zero-order chi connectivity index (χ0) is 32.2. The zero-order valence-electron chi connectivity index (χ0n) is 30.0. The van der Waals surface area contributed by atoms with E-state index in [0.717, 1.165) is 31.1 Å². The predicted molar refractivity (Wildman–Crippen MR) is 187 cm³/mol. The Bertz CT molecular complexity index is 898. The van der Waals surface area contributed by atoms with Gasteiger partial charge in [-0.25, -0.2) is 0 Å². The van der Waals surface area contributed by atoms with E-state index in [-0.39, 0.29) is 5.41 Å². The summed E-state index contributed by atoms with van der Waals surface area (Å²) in [5.74, 6) is 3.10. The lowest BCUT2D eigenvalue weighted by Gasteiger charge is -2.26. The van der Waals surface area contributed by atoms with Gasteiger partial charge in [0.15, 0.2) is 0 Å². The van der Waals surface area contributed by atoms with E-state index in [4.69, 9.17) is 10.1 Å². The van der Waals surface area contributed by atoms with Crippen LogP contribution >= 0.6 is 0 Å². The summed E-state index contributed by atoms with van der Waals surface area (Å²) in [4.78, 5) is 0. The minimum absolute atomic E-state index is 0.111. The fourth-order valence-electron chi connectivity index (χ4n) is 4.37. The highest BCUT2D eigenvalue weighted by Gasteiger charge is 2.20. The molecule has 0 radical (unpaired) electrons. The van der Waals surface area contributed by atoms with Crippen LogP contribution in [0, 0.1) is 47.8 Å². The molecule has 0 aliphatic heterocycles. The Morgan fingerprint density at radius 3 is 1.93 bits per heavy atom. The summed E-state index contributed by atoms with van der Waals surface area (Å²) in [5.41, 5.74) is 6.06. The standard InChI is InChI=1S/C22H33N.C15H30O.C2H6/c1-6-17(2)16-22(20(5)9-7-8-12-23)11-10-21-14-18(3)13-19(4)15-21;1-12(2)11-16-13(15(6,7)8)9-10-14(3,4)5;1-2/h7-9,12-15,17,22-23H,6,10-11,16H2,1-5H3;9,12H,10-11H2,1-8H3;1-2H3/b8-7-,20-9+,23-12?;13-9-;. The Labute approximate surface area is 257 Å². The Hall–Kier alpha value is -2.09. The molecule has 2 unspecified atom stereocenters. The Morgan fingerprint density at radius 1 is 0.927 bits per heavy atom. The third-order valence-corrected chi connectivity index (χ3v) is 6.87. The number of nitrogens with one attached hydrogen (secondary N) is 1. The van der Waals surface area contributed by atoms with Gasteiger partial charge in [-0.3, -0.25) is 0 Å². The van der Waals surface area contributed by atoms with Crippen molar-refractivity contribution < 1.29 is 4.74 Å². The second-order valence-corrected chi connectivity index (χ2v) is 14.2. The summed E-state index contributed by atoms with van der Waals surface area (Å²) >= 11 is 0. The number of hydrogen-bond acceptors (Lipinski definition) is 2. The molecule has 0 aliphatic carbocycles. The van der Waals surface area contributed by atoms with Crippen LogP contribution in [0.5, 0.6) is 0 Å². The van der Waals surface area contributed by atoms with Gasteiger partial charge in [-0.1, -0.05) is 137 Å². The van der Waals surface area contributed by atoms with E-state index >= 15 is 0 Å². The monoisotopic (exact) mass is 568 g/mol. The van der Waals surface area contributed by atoms with Crippen LogP contribution in [0.4, 0.5) is 0 Å². The van der Waals surface area contributed by atoms with E-state index in [1.54, 1.807) is 6.08 Å². The van der Waals surface area contributed by atoms with E-state index in [1.807, 2.05) is 19.9 Å². The zero-order valence-corrected chi connectivity index (χ0v) is 30.0. The van der Waals surface area contributed by atoms with Gasteiger partial charge in [-0.05, 0) is 87.3 Å². The van der Waals surface area contributed by atoms with Gasteiger partial charge in [-0.2, -0.15) is 0 Å². The third-order valence-electron chi connectivity index (χ3n) is 6.87. The second-order valence-electron chi connectivity index (χ2n) is 14.2. The van der Waals surface area contributed by atoms with Crippen LogP contribution in [0.15, 0.2) is 53.8 Å². The van der Waals surface area contributed by atoms with Crippen LogP contribution in [-0.4, -0.2) is 12.8 Å². The summed E-state index contributed by atoms with van der Waals surface area (Å²) in [5, 5.41) is 7.09. The molecule has 41 heavy (non-hydrogen) atoms. The smallest absolute Gasteiger partial charge is 0.0973 e. The maximum Gasteiger partial charge on any atom is 0.0973 e. The quantitative estimate of drug-likeness (QED) is 0.143. The molecule has 2 heteroatoms. The molecule has 0 bridgehead atoms. The lowest BCUT2D eigenvalue weighted by molar-refractivity contribution is 0.126. The molecule has 0 saturated heterocycles. The van der Waals surface area contributed by atoms with Crippen LogP contribution < -0.4 is 0 Å². The van der Waals surface area contributed by atoms with Crippen LogP contribution in [0.1, 0.15) is 132 Å². The van der Waals surface area contributed by atoms with Crippen molar-refractivity contribution in [3.63, 3.8) is 0 Å². The molecule has 2 nitrogen and oxygen atoms in total. The van der Waals surface area contributed by atoms with Crippen molar-refractivity contribution in [2.75, 3.05) is 6.61 Å². The molecule has 1 N–H and O–H groups in total. The first-order valence-corrected chi connectivity index (χ1v) is 16.2. The Kier molecular flexibility index (Phi) is 21.6. The maximum atomic E-state index is 7.09. The molecule has 1 aromatic carbocycles. The fourth-order valence-corrected chi connectivity index (χ4v) is 4.37. The van der Waals surface area contributed by atoms with E-state index in [0.29, 0.717) is 17.3 Å². The molecule has 0 saturated carbocycles. The van der Waals surface area contributed by atoms with Gasteiger partial charge in [0.1, 0.15) is 0 Å². The predicted octanol–water partition coefficient (Wildman–Crippen LogP) is 12.5. The number of hydrogen-bond donors (Lipinski definition) is 1. The number of allylic oxidation sites excluding steroid dienone is 6. The first-order chi connectivity index (χ1) is 19.0. The average molecular weight is 568 g/mol. The van der Waals surface area contributed by atoms with Gasteiger partial charge < -0.3 is 10.1 Å². The van der Waals surface area contributed by atoms with Crippen molar-refractivity contribution in [1.82, 2.24) is 0 Å². The lowest BCUT2D eigenvalue weighted by Crippen LogP contribution is -2.16. The largest absolute Gasteiger partial charge is 0.497 e. The molecule has 0 aromatic heterocycles. The van der Waals surface area contributed by atoms with Crippen LogP contribution in [0.2, 0.25) is 0 Å². The number of ether oxygens (including phenoxy) is 1. The minimum atomic E-state index is 0.111. The molecule has 1 aromatic rings. The van der Waals surface area contributed by atoms with E-state index in [1.165, 1.54) is 47.7 Å². The normalized spacial score (nSPS) is 14.1. The molecule has 0 amide bonds. The summed E-state index contributed by atoms with van der Waals surface area (Å²) in [6.07, 6.45) is 15.5. The SMILES string of the molecule is CC.CC(C)CO/C(=C\CC(C)(C)C)C(C)(C)C.CCC(C)CC(CCc1cc(C)cc(C)c1)/C(C)=C/C=C\C=N. The molecule has 0 fully saturated rings. The highest BCUT2D eigenvalue weighted by atomic mass is 16.5. The first kappa shape index (κ1) is 41.0. The summed E-state index contributed by atoms with van der Waals surface area (Å²) in [6, 6.07) is 6.88. The van der Waals surface area contributed by atoms with Gasteiger partial charge in [0.2, 0.25) is 0 Å². The van der Waals surface area contributed by atoms with Crippen molar-refractivity contribution in [3.8, 4) is 0 Å². The van der Waals surface area contributed by atoms with Crippen molar-refractivity contribution in [3.05, 3.63) is 70.5 Å². The van der Waals surface area contributed by atoms with Gasteiger partial charge in [0.25, 0.3) is 0 Å². The molecular formula is C39H69NO. The molecular weight excluding hydrogens is 498 g/mol. The summed E-state index contributed by atoms with van der Waals surface area (Å²) in [7, 11) is 0. The Morgan fingerprint density at radius 2 is 1.49 bits per heavy atom. The van der Waals surface area contributed by atoms with E-state index < -0.39 is 0 Å². The molecule has 0 aliphatic rings. The highest BCUT2D eigenvalue weighted by molar-refractivity contribution is 5.68. The topological polar surface area (TPSA) is 33.1 Å². The summed E-state index contributed by atoms with van der Waals surface area (Å²) in [6.45, 7) is 33.8. The van der Waals surface area contributed by atoms with Gasteiger partial charge in [-0.15, -0.1) is 0 Å². The van der Waals surface area contributed by atoms with Crippen LogP contribution in [0.3, 0.4) is 0 Å². The van der Waals surface area contributed by atoms with Gasteiger partial charge in [0, 0.05) is 11.6 Å². The number of rotatable bonds is 13. The highest BCUT2D eigenvalue weighted by Crippen LogP contribution is 2.30. The number of benzene rings is 1. The maximum absolute atomic E-state index is 7.09. The molecule has 236 valence electrons. The van der Waals surface area contributed by atoms with Crippen molar-refractivity contribution in [1.29, 1.82) is 5.41 Å². The van der Waals surface area contributed by atoms with Crippen molar-refractivity contribution in [2.24, 2.45) is 28.6 Å². The number of aryl methyl sites for hydroxylation is 3.